The van der Waals surface area contributed by atoms with Gasteiger partial charge in [0.1, 0.15) is 18.1 Å². The van der Waals surface area contributed by atoms with Gasteiger partial charge in [-0.25, -0.2) is 9.97 Å². The fourth-order valence-corrected chi connectivity index (χ4v) is 5.71. The van der Waals surface area contributed by atoms with Crippen LogP contribution >= 0.6 is 11.6 Å². The van der Waals surface area contributed by atoms with Crippen molar-refractivity contribution in [1.29, 1.82) is 0 Å². The Balaban J connectivity index is 1.30. The van der Waals surface area contributed by atoms with Crippen LogP contribution in [0.25, 0.3) is 22.2 Å². The zero-order chi connectivity index (χ0) is 29.1. The highest BCUT2D eigenvalue weighted by molar-refractivity contribution is 6.33. The normalized spacial score (nSPS) is 14.9. The molecule has 2 N–H and O–H groups in total. The quantitative estimate of drug-likeness (QED) is 0.241. The maximum Gasteiger partial charge on any atom is 0.247 e. The van der Waals surface area contributed by atoms with Gasteiger partial charge in [0.2, 0.25) is 11.9 Å². The molecule has 0 aliphatic carbocycles. The van der Waals surface area contributed by atoms with Crippen molar-refractivity contribution in [1.82, 2.24) is 19.4 Å². The standard InChI is InChI=1S/C31H33ClN6O4/c1-3-28(39)34-25-16-24(26(40-2)17-27(25)42-15-12-37-10-13-41-14-11-37)35-31-33-18-23(32)29(36-31)22-19-38-9-5-7-20-6-4-8-21(22)30(20)38/h3-4,6,8,16-19H,1,5,7,9-15H2,2H3,(H,34,39)(H,33,35,36). The first-order valence-corrected chi connectivity index (χ1v) is 14.4. The molecular weight excluding hydrogens is 556 g/mol. The van der Waals surface area contributed by atoms with Crippen LogP contribution in [0.4, 0.5) is 17.3 Å². The third kappa shape index (κ3) is 5.78. The molecule has 4 heterocycles. The van der Waals surface area contributed by atoms with Crippen LogP contribution in [-0.4, -0.2) is 71.9 Å². The van der Waals surface area contributed by atoms with Gasteiger partial charge in [-0.1, -0.05) is 36.4 Å². The number of methoxy groups -OCH3 is 1. The van der Waals surface area contributed by atoms with Crippen molar-refractivity contribution in [2.24, 2.45) is 0 Å². The second kappa shape index (κ2) is 12.4. The lowest BCUT2D eigenvalue weighted by Gasteiger charge is -2.26. The van der Waals surface area contributed by atoms with Crippen LogP contribution in [0.5, 0.6) is 11.5 Å². The number of hydrogen-bond donors (Lipinski definition) is 2. The fourth-order valence-electron chi connectivity index (χ4n) is 5.52. The molecule has 2 aromatic heterocycles. The minimum atomic E-state index is -0.359. The van der Waals surface area contributed by atoms with Crippen LogP contribution < -0.4 is 20.1 Å². The summed E-state index contributed by atoms with van der Waals surface area (Å²) in [5.74, 6) is 0.955. The summed E-state index contributed by atoms with van der Waals surface area (Å²) in [7, 11) is 1.57. The third-order valence-corrected chi connectivity index (χ3v) is 7.86. The number of nitrogens with zero attached hydrogens (tertiary/aromatic N) is 4. The monoisotopic (exact) mass is 588 g/mol. The van der Waals surface area contributed by atoms with Crippen LogP contribution in [-0.2, 0) is 22.5 Å². The lowest BCUT2D eigenvalue weighted by molar-refractivity contribution is -0.111. The number of aryl methyl sites for hydroxylation is 2. The highest BCUT2D eigenvalue weighted by Crippen LogP contribution is 2.40. The fraction of sp³-hybridized carbons (Fsp3) is 0.323. The van der Waals surface area contributed by atoms with E-state index in [1.807, 2.05) is 0 Å². The number of morpholine rings is 1. The molecule has 0 atom stereocenters. The molecule has 1 saturated heterocycles. The number of halogens is 1. The van der Waals surface area contributed by atoms with Crippen molar-refractivity contribution >= 4 is 45.7 Å². The van der Waals surface area contributed by atoms with Crippen LogP contribution in [0, 0.1) is 0 Å². The molecule has 0 bridgehead atoms. The molecule has 4 aromatic rings. The Labute approximate surface area is 249 Å². The average molecular weight is 589 g/mol. The SMILES string of the molecule is C=CC(=O)Nc1cc(Nc2ncc(Cl)c(-c3cn4c5c(cccc35)CCC4)n2)c(OC)cc1OCCN1CCOCC1. The van der Waals surface area contributed by atoms with Crippen molar-refractivity contribution < 1.29 is 19.0 Å². The molecule has 0 spiro atoms. The van der Waals surface area contributed by atoms with Gasteiger partial charge < -0.3 is 29.4 Å². The Bertz CT molecular complexity index is 1630. The molecule has 0 saturated carbocycles. The number of hydrogen-bond acceptors (Lipinski definition) is 8. The van der Waals surface area contributed by atoms with E-state index in [0.717, 1.165) is 50.0 Å². The Morgan fingerprint density at radius 1 is 1.19 bits per heavy atom. The predicted molar refractivity (Wildman–Crippen MR) is 164 cm³/mol. The smallest absolute Gasteiger partial charge is 0.247 e. The van der Waals surface area contributed by atoms with Crippen molar-refractivity contribution in [2.75, 3.05) is 57.2 Å². The van der Waals surface area contributed by atoms with E-state index in [2.05, 4.69) is 56.1 Å². The van der Waals surface area contributed by atoms with Gasteiger partial charge in [-0.05, 0) is 30.5 Å². The summed E-state index contributed by atoms with van der Waals surface area (Å²) in [6.45, 7) is 8.85. The van der Waals surface area contributed by atoms with Gasteiger partial charge in [-0.3, -0.25) is 9.69 Å². The summed E-state index contributed by atoms with van der Waals surface area (Å²) in [4.78, 5) is 23.8. The Kier molecular flexibility index (Phi) is 8.27. The molecule has 218 valence electrons. The van der Waals surface area contributed by atoms with Gasteiger partial charge in [-0.15, -0.1) is 0 Å². The third-order valence-electron chi connectivity index (χ3n) is 7.59. The molecule has 2 aliphatic heterocycles. The molecule has 2 aliphatic rings. The number of nitrogens with one attached hydrogen (secondary N) is 2. The maximum atomic E-state index is 12.3. The maximum absolute atomic E-state index is 12.3. The van der Waals surface area contributed by atoms with Crippen molar-refractivity contribution in [3.05, 3.63) is 66.0 Å². The molecule has 2 aromatic carbocycles. The number of amides is 1. The molecule has 42 heavy (non-hydrogen) atoms. The summed E-state index contributed by atoms with van der Waals surface area (Å²) in [5.41, 5.74) is 5.18. The number of carbonyl (C=O) groups excluding carboxylic acids is 1. The molecule has 0 radical (unpaired) electrons. The molecule has 0 unspecified atom stereocenters. The summed E-state index contributed by atoms with van der Waals surface area (Å²) in [5, 5.41) is 7.66. The number of anilines is 3. The van der Waals surface area contributed by atoms with Gasteiger partial charge in [0.05, 0.1) is 54.1 Å². The van der Waals surface area contributed by atoms with E-state index in [1.54, 1.807) is 25.4 Å². The topological polar surface area (TPSA) is 103 Å². The van der Waals surface area contributed by atoms with Gasteiger partial charge in [0.15, 0.2) is 0 Å². The Hall–Kier alpha value is -4.12. The molecule has 1 fully saturated rings. The number of aromatic nitrogens is 3. The van der Waals surface area contributed by atoms with E-state index in [9.17, 15) is 4.79 Å². The van der Waals surface area contributed by atoms with E-state index >= 15 is 0 Å². The molecular formula is C31H33ClN6O4. The van der Waals surface area contributed by atoms with E-state index in [0.29, 0.717) is 59.4 Å². The van der Waals surface area contributed by atoms with Crippen LogP contribution in [0.2, 0.25) is 5.02 Å². The van der Waals surface area contributed by atoms with Crippen LogP contribution in [0.1, 0.15) is 12.0 Å². The number of para-hydroxylation sites is 1. The van der Waals surface area contributed by atoms with Gasteiger partial charge in [0.25, 0.3) is 0 Å². The van der Waals surface area contributed by atoms with Gasteiger partial charge in [-0.2, -0.15) is 0 Å². The van der Waals surface area contributed by atoms with Crippen LogP contribution in [0.3, 0.4) is 0 Å². The summed E-state index contributed by atoms with van der Waals surface area (Å²) in [6.07, 6.45) is 7.08. The average Bonchev–Trinajstić information content (AvgIpc) is 3.39. The highest BCUT2D eigenvalue weighted by atomic mass is 35.5. The first-order chi connectivity index (χ1) is 20.5. The van der Waals surface area contributed by atoms with Crippen molar-refractivity contribution in [3.63, 3.8) is 0 Å². The van der Waals surface area contributed by atoms with E-state index in [-0.39, 0.29) is 5.91 Å². The second-order valence-corrected chi connectivity index (χ2v) is 10.6. The van der Waals surface area contributed by atoms with Crippen molar-refractivity contribution in [3.8, 4) is 22.8 Å². The minimum absolute atomic E-state index is 0.335. The summed E-state index contributed by atoms with van der Waals surface area (Å²) < 4.78 is 19.5. The molecule has 6 rings (SSSR count). The number of benzene rings is 2. The molecule has 10 nitrogen and oxygen atoms in total. The Morgan fingerprint density at radius 3 is 2.86 bits per heavy atom. The van der Waals surface area contributed by atoms with E-state index in [4.69, 9.17) is 30.8 Å². The first kappa shape index (κ1) is 28.0. The van der Waals surface area contributed by atoms with Gasteiger partial charge >= 0.3 is 0 Å². The van der Waals surface area contributed by atoms with E-state index in [1.165, 1.54) is 17.2 Å². The largest absolute Gasteiger partial charge is 0.494 e. The zero-order valence-corrected chi connectivity index (χ0v) is 24.2. The second-order valence-electron chi connectivity index (χ2n) is 10.2. The molecule has 1 amide bonds. The summed E-state index contributed by atoms with van der Waals surface area (Å²) >= 11 is 6.65. The number of carbonyl (C=O) groups is 1. The highest BCUT2D eigenvalue weighted by Gasteiger charge is 2.21. The minimum Gasteiger partial charge on any atom is -0.494 e. The predicted octanol–water partition coefficient (Wildman–Crippen LogP) is 5.29. The zero-order valence-electron chi connectivity index (χ0n) is 23.5. The number of ether oxygens (including phenoxy) is 3. The van der Waals surface area contributed by atoms with Crippen LogP contribution in [0.15, 0.2) is 55.4 Å². The Morgan fingerprint density at radius 2 is 2.05 bits per heavy atom. The summed E-state index contributed by atoms with van der Waals surface area (Å²) in [6, 6.07) is 9.85. The lowest BCUT2D eigenvalue weighted by atomic mass is 10.0. The van der Waals surface area contributed by atoms with E-state index < -0.39 is 0 Å². The molecule has 11 heteroatoms. The lowest BCUT2D eigenvalue weighted by Crippen LogP contribution is -2.38. The van der Waals surface area contributed by atoms with Gasteiger partial charge in [0, 0.05) is 49.4 Å². The number of rotatable bonds is 10. The van der Waals surface area contributed by atoms with Crippen molar-refractivity contribution in [2.45, 2.75) is 19.4 Å². The first-order valence-electron chi connectivity index (χ1n) is 14.0.